The first-order valence-corrected chi connectivity index (χ1v) is 8.34. The third kappa shape index (κ3) is 3.29. The van der Waals surface area contributed by atoms with Crippen molar-refractivity contribution >= 4 is 0 Å². The lowest BCUT2D eigenvalue weighted by Gasteiger charge is -2.36. The fourth-order valence-electron chi connectivity index (χ4n) is 3.91. The average molecular weight is 291 g/mol. The van der Waals surface area contributed by atoms with Gasteiger partial charge in [0.25, 0.3) is 0 Å². The van der Waals surface area contributed by atoms with E-state index in [-0.39, 0.29) is 11.9 Å². The largest absolute Gasteiger partial charge is 0.389 e. The molecule has 0 radical (unpaired) electrons. The van der Waals surface area contributed by atoms with Gasteiger partial charge in [0, 0.05) is 12.6 Å². The summed E-state index contributed by atoms with van der Waals surface area (Å²) in [6, 6.07) is 5.36. The van der Waals surface area contributed by atoms with Crippen LogP contribution in [0.1, 0.15) is 62.6 Å². The van der Waals surface area contributed by atoms with Crippen molar-refractivity contribution in [3.63, 3.8) is 0 Å². The fraction of sp³-hybridized carbons (Fsp3) is 0.667. The summed E-state index contributed by atoms with van der Waals surface area (Å²) in [4.78, 5) is 0. The van der Waals surface area contributed by atoms with E-state index in [1.165, 1.54) is 12.0 Å². The molecule has 1 saturated carbocycles. The highest BCUT2D eigenvalue weighted by Crippen LogP contribution is 2.35. The Hall–Kier alpha value is -0.930. The minimum Gasteiger partial charge on any atom is -0.389 e. The van der Waals surface area contributed by atoms with Gasteiger partial charge in [0.1, 0.15) is 5.82 Å². The van der Waals surface area contributed by atoms with Gasteiger partial charge in [0.05, 0.1) is 5.60 Å². The minimum atomic E-state index is -0.547. The van der Waals surface area contributed by atoms with E-state index in [1.807, 2.05) is 6.07 Å². The minimum absolute atomic E-state index is 0.147. The smallest absolute Gasteiger partial charge is 0.123 e. The van der Waals surface area contributed by atoms with Crippen molar-refractivity contribution < 1.29 is 9.50 Å². The van der Waals surface area contributed by atoms with Crippen LogP contribution in [-0.2, 0) is 6.42 Å². The van der Waals surface area contributed by atoms with Gasteiger partial charge in [-0.2, -0.15) is 0 Å². The number of hydrogen-bond acceptors (Lipinski definition) is 2. The van der Waals surface area contributed by atoms with Gasteiger partial charge in [-0.05, 0) is 67.7 Å². The van der Waals surface area contributed by atoms with Gasteiger partial charge in [-0.1, -0.05) is 19.4 Å². The van der Waals surface area contributed by atoms with Crippen molar-refractivity contribution in [1.82, 2.24) is 5.32 Å². The number of hydrogen-bond donors (Lipinski definition) is 2. The van der Waals surface area contributed by atoms with E-state index in [2.05, 4.69) is 12.2 Å². The van der Waals surface area contributed by atoms with Crippen molar-refractivity contribution in [3.05, 3.63) is 35.1 Å². The Morgan fingerprint density at radius 2 is 2.05 bits per heavy atom. The molecule has 3 heteroatoms. The van der Waals surface area contributed by atoms with Gasteiger partial charge in [-0.3, -0.25) is 0 Å². The molecule has 0 aromatic heterocycles. The molecule has 2 aliphatic rings. The molecule has 0 heterocycles. The number of nitrogens with one attached hydrogen (secondary N) is 1. The van der Waals surface area contributed by atoms with Crippen molar-refractivity contribution in [2.45, 2.75) is 63.5 Å². The molecule has 0 amide bonds. The molecule has 1 atom stereocenters. The molecule has 0 aliphatic heterocycles. The zero-order valence-electron chi connectivity index (χ0n) is 12.9. The number of benzene rings is 1. The summed E-state index contributed by atoms with van der Waals surface area (Å²) in [6.45, 7) is 2.90. The first kappa shape index (κ1) is 15.0. The lowest BCUT2D eigenvalue weighted by atomic mass is 9.77. The van der Waals surface area contributed by atoms with E-state index in [4.69, 9.17) is 0 Å². The summed E-state index contributed by atoms with van der Waals surface area (Å²) in [7, 11) is 0. The van der Waals surface area contributed by atoms with E-state index >= 15 is 0 Å². The van der Waals surface area contributed by atoms with Gasteiger partial charge < -0.3 is 10.4 Å². The van der Waals surface area contributed by atoms with Crippen LogP contribution in [0.3, 0.4) is 0 Å². The van der Waals surface area contributed by atoms with Crippen molar-refractivity contribution in [2.24, 2.45) is 5.92 Å². The molecular formula is C18H26FNO. The van der Waals surface area contributed by atoms with Crippen LogP contribution in [0.2, 0.25) is 0 Å². The predicted octanol–water partition coefficient (Wildman–Crippen LogP) is 3.73. The van der Waals surface area contributed by atoms with Gasteiger partial charge in [-0.25, -0.2) is 4.39 Å². The standard InChI is InChI=1S/C18H26FNO/c1-2-13-7-9-18(21,10-8-13)12-20-17-6-3-14-11-15(19)4-5-16(14)17/h4-5,11,13,17,20-21H,2-3,6-10,12H2,1H3. The molecule has 116 valence electrons. The molecular weight excluding hydrogens is 265 g/mol. The molecule has 1 aromatic carbocycles. The van der Waals surface area contributed by atoms with Crippen molar-refractivity contribution in [2.75, 3.05) is 6.54 Å². The van der Waals surface area contributed by atoms with E-state index < -0.39 is 5.60 Å². The van der Waals surface area contributed by atoms with E-state index in [0.29, 0.717) is 6.54 Å². The Morgan fingerprint density at radius 3 is 2.76 bits per heavy atom. The number of aryl methyl sites for hydroxylation is 1. The summed E-state index contributed by atoms with van der Waals surface area (Å²) in [5.41, 5.74) is 1.78. The number of rotatable bonds is 4. The van der Waals surface area contributed by atoms with Crippen LogP contribution in [0.5, 0.6) is 0 Å². The molecule has 1 aromatic rings. The molecule has 2 aliphatic carbocycles. The monoisotopic (exact) mass is 291 g/mol. The Bertz CT molecular complexity index is 494. The van der Waals surface area contributed by atoms with Crippen LogP contribution in [-0.4, -0.2) is 17.3 Å². The van der Waals surface area contributed by atoms with Gasteiger partial charge in [0.2, 0.25) is 0 Å². The molecule has 0 bridgehead atoms. The van der Waals surface area contributed by atoms with Gasteiger partial charge >= 0.3 is 0 Å². The third-order valence-electron chi connectivity index (χ3n) is 5.47. The SMILES string of the molecule is CCC1CCC(O)(CNC2CCc3cc(F)ccc32)CC1. The Balaban J connectivity index is 1.57. The van der Waals surface area contributed by atoms with Crippen LogP contribution in [0, 0.1) is 11.7 Å². The summed E-state index contributed by atoms with van der Waals surface area (Å²) >= 11 is 0. The second-order valence-electron chi connectivity index (χ2n) is 6.89. The average Bonchev–Trinajstić information content (AvgIpc) is 2.88. The molecule has 0 saturated heterocycles. The van der Waals surface area contributed by atoms with E-state index in [1.54, 1.807) is 12.1 Å². The first-order chi connectivity index (χ1) is 10.1. The molecule has 1 fully saturated rings. The normalized spacial score (nSPS) is 32.1. The van der Waals surface area contributed by atoms with Crippen LogP contribution in [0.4, 0.5) is 4.39 Å². The molecule has 1 unspecified atom stereocenters. The van der Waals surface area contributed by atoms with Crippen molar-refractivity contribution in [1.29, 1.82) is 0 Å². The molecule has 2 N–H and O–H groups in total. The molecule has 0 spiro atoms. The molecule has 3 rings (SSSR count). The Kier molecular flexibility index (Phi) is 4.32. The lowest BCUT2D eigenvalue weighted by molar-refractivity contribution is -0.0106. The van der Waals surface area contributed by atoms with E-state index in [9.17, 15) is 9.50 Å². The maximum absolute atomic E-state index is 13.2. The number of halogens is 1. The highest BCUT2D eigenvalue weighted by atomic mass is 19.1. The maximum Gasteiger partial charge on any atom is 0.123 e. The second-order valence-corrected chi connectivity index (χ2v) is 6.89. The van der Waals surface area contributed by atoms with Crippen LogP contribution in [0.25, 0.3) is 0 Å². The second kappa shape index (κ2) is 6.05. The van der Waals surface area contributed by atoms with Gasteiger partial charge in [-0.15, -0.1) is 0 Å². The maximum atomic E-state index is 13.2. The number of fused-ring (bicyclic) bond motifs is 1. The van der Waals surface area contributed by atoms with Gasteiger partial charge in [0.15, 0.2) is 0 Å². The highest BCUT2D eigenvalue weighted by Gasteiger charge is 2.33. The van der Waals surface area contributed by atoms with Crippen LogP contribution < -0.4 is 5.32 Å². The quantitative estimate of drug-likeness (QED) is 0.886. The third-order valence-corrected chi connectivity index (χ3v) is 5.47. The first-order valence-electron chi connectivity index (χ1n) is 8.34. The lowest BCUT2D eigenvalue weighted by Crippen LogP contribution is -2.44. The molecule has 21 heavy (non-hydrogen) atoms. The fourth-order valence-corrected chi connectivity index (χ4v) is 3.91. The Labute approximate surface area is 126 Å². The van der Waals surface area contributed by atoms with E-state index in [0.717, 1.165) is 50.0 Å². The summed E-state index contributed by atoms with van der Waals surface area (Å²) < 4.78 is 13.2. The van der Waals surface area contributed by atoms with Crippen LogP contribution in [0.15, 0.2) is 18.2 Å². The van der Waals surface area contributed by atoms with Crippen molar-refractivity contribution in [3.8, 4) is 0 Å². The summed E-state index contributed by atoms with van der Waals surface area (Å²) in [5, 5.41) is 14.2. The zero-order valence-corrected chi connectivity index (χ0v) is 12.9. The number of aliphatic hydroxyl groups is 1. The Morgan fingerprint density at radius 1 is 1.29 bits per heavy atom. The topological polar surface area (TPSA) is 32.3 Å². The summed E-state index contributed by atoms with van der Waals surface area (Å²) in [6.07, 6.45) is 7.25. The summed E-state index contributed by atoms with van der Waals surface area (Å²) in [5.74, 6) is 0.645. The predicted molar refractivity (Wildman–Crippen MR) is 82.7 cm³/mol. The molecule has 2 nitrogen and oxygen atoms in total. The highest BCUT2D eigenvalue weighted by molar-refractivity contribution is 5.35. The zero-order chi connectivity index (χ0) is 14.9. The van der Waals surface area contributed by atoms with Crippen LogP contribution >= 0.6 is 0 Å².